The summed E-state index contributed by atoms with van der Waals surface area (Å²) in [7, 11) is 1.69. The molecule has 0 saturated heterocycles. The van der Waals surface area contributed by atoms with Crippen LogP contribution in [0.5, 0.6) is 0 Å². The van der Waals surface area contributed by atoms with Crippen molar-refractivity contribution in [3.63, 3.8) is 0 Å². The van der Waals surface area contributed by atoms with Crippen molar-refractivity contribution in [3.8, 4) is 0 Å². The zero-order valence-electron chi connectivity index (χ0n) is 5.98. The van der Waals surface area contributed by atoms with Crippen LogP contribution in [0.25, 0.3) is 0 Å². The third kappa shape index (κ3) is 1.92. The van der Waals surface area contributed by atoms with Gasteiger partial charge in [-0.3, -0.25) is 4.79 Å². The third-order valence-electron chi connectivity index (χ3n) is 1.09. The molecular weight excluding hydrogens is 148 g/mol. The fraction of sp³-hybridized carbons (Fsp3) is 0.400. The average molecular weight is 156 g/mol. The number of carbonyl (C=O) groups is 1. The van der Waals surface area contributed by atoms with Crippen LogP contribution in [0.15, 0.2) is 6.20 Å². The van der Waals surface area contributed by atoms with Crippen molar-refractivity contribution < 1.29 is 9.90 Å². The van der Waals surface area contributed by atoms with Crippen LogP contribution in [0.3, 0.4) is 0 Å². The number of nitrogens with zero attached hydrogens (tertiary/aromatic N) is 3. The maximum Gasteiger partial charge on any atom is 0.325 e. The Kier molecular flexibility index (Phi) is 2.05. The third-order valence-corrected chi connectivity index (χ3v) is 1.09. The Bertz CT molecular complexity index is 257. The Morgan fingerprint density at radius 3 is 3.09 bits per heavy atom. The van der Waals surface area contributed by atoms with Crippen molar-refractivity contribution in [2.45, 2.75) is 6.54 Å². The molecule has 0 aromatic carbocycles. The van der Waals surface area contributed by atoms with Crippen molar-refractivity contribution >= 4 is 11.8 Å². The van der Waals surface area contributed by atoms with Gasteiger partial charge in [0.25, 0.3) is 0 Å². The molecule has 1 heterocycles. The molecule has 0 amide bonds. The Morgan fingerprint density at radius 2 is 2.64 bits per heavy atom. The summed E-state index contributed by atoms with van der Waals surface area (Å²) in [4.78, 5) is 10.2. The smallest absolute Gasteiger partial charge is 0.325 e. The van der Waals surface area contributed by atoms with E-state index >= 15 is 0 Å². The minimum atomic E-state index is -0.933. The monoisotopic (exact) mass is 156 g/mol. The molecule has 1 rings (SSSR count). The molecule has 0 aliphatic heterocycles. The normalized spacial score (nSPS) is 9.55. The van der Waals surface area contributed by atoms with Gasteiger partial charge in [-0.2, -0.15) is 0 Å². The lowest BCUT2D eigenvalue weighted by Gasteiger charge is -1.90. The van der Waals surface area contributed by atoms with E-state index in [9.17, 15) is 4.79 Å². The van der Waals surface area contributed by atoms with E-state index in [4.69, 9.17) is 5.11 Å². The van der Waals surface area contributed by atoms with Gasteiger partial charge in [0.1, 0.15) is 6.54 Å². The van der Waals surface area contributed by atoms with Crippen molar-refractivity contribution in [2.75, 3.05) is 12.4 Å². The zero-order chi connectivity index (χ0) is 8.27. The molecule has 11 heavy (non-hydrogen) atoms. The highest BCUT2D eigenvalue weighted by atomic mass is 16.4. The van der Waals surface area contributed by atoms with Gasteiger partial charge in [0.2, 0.25) is 0 Å². The Labute approximate surface area is 62.8 Å². The minimum Gasteiger partial charge on any atom is -0.480 e. The number of hydrogen-bond donors (Lipinski definition) is 2. The van der Waals surface area contributed by atoms with Gasteiger partial charge in [-0.25, -0.2) is 4.68 Å². The minimum absolute atomic E-state index is 0.158. The molecule has 6 heteroatoms. The highest BCUT2D eigenvalue weighted by Crippen LogP contribution is 1.96. The second-order valence-corrected chi connectivity index (χ2v) is 1.95. The molecule has 0 aliphatic rings. The highest BCUT2D eigenvalue weighted by Gasteiger charge is 2.01. The first kappa shape index (κ1) is 7.52. The summed E-state index contributed by atoms with van der Waals surface area (Å²) >= 11 is 0. The predicted octanol–water partition coefficient (Wildman–Crippen LogP) is -0.596. The Morgan fingerprint density at radius 1 is 1.91 bits per heavy atom. The van der Waals surface area contributed by atoms with Gasteiger partial charge < -0.3 is 10.4 Å². The lowest BCUT2D eigenvalue weighted by atomic mass is 10.6. The van der Waals surface area contributed by atoms with E-state index < -0.39 is 5.97 Å². The van der Waals surface area contributed by atoms with E-state index in [-0.39, 0.29) is 6.54 Å². The number of aromatic nitrogens is 3. The maximum atomic E-state index is 10.2. The van der Waals surface area contributed by atoms with Crippen LogP contribution in [0, 0.1) is 0 Å². The zero-order valence-corrected chi connectivity index (χ0v) is 5.98. The van der Waals surface area contributed by atoms with Crippen LogP contribution in [-0.2, 0) is 11.3 Å². The fourth-order valence-electron chi connectivity index (χ4n) is 0.629. The SMILES string of the molecule is CNc1cn(CC(=O)O)nn1. The second-order valence-electron chi connectivity index (χ2n) is 1.95. The summed E-state index contributed by atoms with van der Waals surface area (Å²) in [6.45, 7) is -0.158. The van der Waals surface area contributed by atoms with E-state index in [0.29, 0.717) is 5.82 Å². The largest absolute Gasteiger partial charge is 0.480 e. The summed E-state index contributed by atoms with van der Waals surface area (Å²) in [5, 5.41) is 18.2. The Balaban J connectivity index is 2.65. The number of carboxylic acid groups (broad SMARTS) is 1. The molecule has 0 spiro atoms. The molecule has 60 valence electrons. The topological polar surface area (TPSA) is 80.0 Å². The summed E-state index contributed by atoms with van der Waals surface area (Å²) in [5.74, 6) is -0.371. The van der Waals surface area contributed by atoms with Crippen molar-refractivity contribution in [1.29, 1.82) is 0 Å². The second kappa shape index (κ2) is 3.00. The van der Waals surface area contributed by atoms with Gasteiger partial charge in [0.05, 0.1) is 6.20 Å². The number of anilines is 1. The number of rotatable bonds is 3. The van der Waals surface area contributed by atoms with Crippen LogP contribution < -0.4 is 5.32 Å². The molecule has 0 bridgehead atoms. The van der Waals surface area contributed by atoms with Crippen molar-refractivity contribution in [1.82, 2.24) is 15.0 Å². The van der Waals surface area contributed by atoms with Crippen molar-refractivity contribution in [2.24, 2.45) is 0 Å². The van der Waals surface area contributed by atoms with Crippen LogP contribution >= 0.6 is 0 Å². The molecule has 2 N–H and O–H groups in total. The van der Waals surface area contributed by atoms with Gasteiger partial charge in [0, 0.05) is 7.05 Å². The van der Waals surface area contributed by atoms with E-state index in [1.54, 1.807) is 7.05 Å². The Hall–Kier alpha value is -1.59. The number of hydrogen-bond acceptors (Lipinski definition) is 4. The molecule has 0 atom stereocenters. The van der Waals surface area contributed by atoms with Gasteiger partial charge in [-0.15, -0.1) is 5.10 Å². The molecule has 6 nitrogen and oxygen atoms in total. The van der Waals surface area contributed by atoms with E-state index in [1.807, 2.05) is 0 Å². The quantitative estimate of drug-likeness (QED) is 0.611. The highest BCUT2D eigenvalue weighted by molar-refractivity contribution is 5.66. The molecule has 1 aromatic heterocycles. The summed E-state index contributed by atoms with van der Waals surface area (Å²) in [6, 6.07) is 0. The van der Waals surface area contributed by atoms with E-state index in [2.05, 4.69) is 15.6 Å². The van der Waals surface area contributed by atoms with Crippen LogP contribution in [0.2, 0.25) is 0 Å². The predicted molar refractivity (Wildman–Crippen MR) is 37.2 cm³/mol. The first-order valence-electron chi connectivity index (χ1n) is 3.02. The van der Waals surface area contributed by atoms with Crippen LogP contribution in [0.1, 0.15) is 0 Å². The number of carboxylic acids is 1. The van der Waals surface area contributed by atoms with Gasteiger partial charge in [0.15, 0.2) is 5.82 Å². The summed E-state index contributed by atoms with van der Waals surface area (Å²) in [6.07, 6.45) is 1.52. The molecular formula is C5H8N4O2. The lowest BCUT2D eigenvalue weighted by Crippen LogP contribution is -2.08. The maximum absolute atomic E-state index is 10.2. The summed E-state index contributed by atoms with van der Waals surface area (Å²) in [5.41, 5.74) is 0. The molecule has 0 aliphatic carbocycles. The standard InChI is InChI=1S/C5H8N4O2/c1-6-4-2-9(8-7-4)3-5(10)11/h2,6H,3H2,1H3,(H,10,11). The molecule has 0 unspecified atom stereocenters. The first-order chi connectivity index (χ1) is 5.22. The van der Waals surface area contributed by atoms with Crippen LogP contribution in [0.4, 0.5) is 5.82 Å². The van der Waals surface area contributed by atoms with Crippen LogP contribution in [-0.4, -0.2) is 33.1 Å². The van der Waals surface area contributed by atoms with E-state index in [0.717, 1.165) is 0 Å². The fourth-order valence-corrected chi connectivity index (χ4v) is 0.629. The van der Waals surface area contributed by atoms with Gasteiger partial charge in [-0.05, 0) is 0 Å². The van der Waals surface area contributed by atoms with Crippen molar-refractivity contribution in [3.05, 3.63) is 6.20 Å². The lowest BCUT2D eigenvalue weighted by molar-refractivity contribution is -0.137. The molecule has 0 radical (unpaired) electrons. The van der Waals surface area contributed by atoms with Gasteiger partial charge >= 0.3 is 5.97 Å². The first-order valence-corrected chi connectivity index (χ1v) is 3.02. The van der Waals surface area contributed by atoms with Gasteiger partial charge in [-0.1, -0.05) is 5.21 Å². The molecule has 1 aromatic rings. The molecule has 0 fully saturated rings. The number of aliphatic carboxylic acids is 1. The van der Waals surface area contributed by atoms with E-state index in [1.165, 1.54) is 10.9 Å². The summed E-state index contributed by atoms with van der Waals surface area (Å²) < 4.78 is 1.24. The average Bonchev–Trinajstić information content (AvgIpc) is 2.34. The molecule has 0 saturated carbocycles. The number of nitrogens with one attached hydrogen (secondary N) is 1.